The summed E-state index contributed by atoms with van der Waals surface area (Å²) in [5, 5.41) is 9.02. The molecule has 2 heterocycles. The van der Waals surface area contributed by atoms with Crippen molar-refractivity contribution in [2.45, 2.75) is 32.5 Å². The molecule has 0 unspecified atom stereocenters. The van der Waals surface area contributed by atoms with Crippen molar-refractivity contribution in [1.82, 2.24) is 14.8 Å². The molecule has 4 rings (SSSR count). The predicted molar refractivity (Wildman–Crippen MR) is 128 cm³/mol. The Hall–Kier alpha value is -3.42. The lowest BCUT2D eigenvalue weighted by molar-refractivity contribution is 0.0270. The summed E-state index contributed by atoms with van der Waals surface area (Å²) >= 11 is 0. The van der Waals surface area contributed by atoms with Crippen LogP contribution in [0.5, 0.6) is 0 Å². The van der Waals surface area contributed by atoms with Gasteiger partial charge in [-0.25, -0.2) is 4.98 Å². The number of hydrogen-bond acceptors (Lipinski definition) is 5. The number of aromatic nitrogens is 1. The first-order valence-electron chi connectivity index (χ1n) is 11.4. The maximum atomic E-state index is 13.5. The summed E-state index contributed by atoms with van der Waals surface area (Å²) in [6.45, 7) is 5.62. The van der Waals surface area contributed by atoms with Gasteiger partial charge in [0.1, 0.15) is 6.61 Å². The molecule has 1 aliphatic rings. The van der Waals surface area contributed by atoms with E-state index in [-0.39, 0.29) is 23.8 Å². The molecule has 0 bridgehead atoms. The van der Waals surface area contributed by atoms with E-state index in [0.29, 0.717) is 36.3 Å². The van der Waals surface area contributed by atoms with Gasteiger partial charge in [0, 0.05) is 55.1 Å². The molecule has 176 valence electrons. The number of aliphatic hydroxyl groups is 1. The SMILES string of the molecule is C[C@@H]1CN(C(=O)c2cccc(-c3ccnc(F)c3)c2)C[C@H](C)N1Cc1ccc(C(=O)CO)cc1. The lowest BCUT2D eigenvalue weighted by Crippen LogP contribution is -2.57. The molecule has 1 aliphatic heterocycles. The molecule has 0 spiro atoms. The number of carbonyl (C=O) groups is 2. The van der Waals surface area contributed by atoms with Crippen molar-refractivity contribution < 1.29 is 19.1 Å². The Morgan fingerprint density at radius 1 is 0.971 bits per heavy atom. The first-order chi connectivity index (χ1) is 16.4. The highest BCUT2D eigenvalue weighted by Crippen LogP contribution is 2.24. The second kappa shape index (κ2) is 10.2. The van der Waals surface area contributed by atoms with Crippen LogP contribution in [-0.2, 0) is 6.54 Å². The fraction of sp³-hybridized carbons (Fsp3) is 0.296. The summed E-state index contributed by atoms with van der Waals surface area (Å²) in [7, 11) is 0. The zero-order valence-corrected chi connectivity index (χ0v) is 19.3. The molecular weight excluding hydrogens is 433 g/mol. The number of benzene rings is 2. The van der Waals surface area contributed by atoms with Crippen LogP contribution < -0.4 is 0 Å². The average Bonchev–Trinajstić information content (AvgIpc) is 2.85. The molecule has 0 radical (unpaired) electrons. The van der Waals surface area contributed by atoms with E-state index in [1.807, 2.05) is 29.2 Å². The first kappa shape index (κ1) is 23.7. The van der Waals surface area contributed by atoms with Crippen molar-refractivity contribution in [3.05, 3.63) is 89.5 Å². The summed E-state index contributed by atoms with van der Waals surface area (Å²) < 4.78 is 13.5. The molecule has 1 fully saturated rings. The maximum absolute atomic E-state index is 13.5. The van der Waals surface area contributed by atoms with Gasteiger partial charge in [0.15, 0.2) is 5.78 Å². The molecule has 0 saturated carbocycles. The first-order valence-corrected chi connectivity index (χ1v) is 11.4. The van der Waals surface area contributed by atoms with E-state index in [9.17, 15) is 14.0 Å². The van der Waals surface area contributed by atoms with Crippen molar-refractivity contribution in [3.8, 4) is 11.1 Å². The Labute approximate surface area is 198 Å². The lowest BCUT2D eigenvalue weighted by Gasteiger charge is -2.44. The summed E-state index contributed by atoms with van der Waals surface area (Å²) in [6.07, 6.45) is 1.42. The highest BCUT2D eigenvalue weighted by molar-refractivity contribution is 5.97. The molecule has 1 N–H and O–H groups in total. The molecule has 0 aliphatic carbocycles. The van der Waals surface area contributed by atoms with E-state index in [1.54, 1.807) is 30.3 Å². The highest BCUT2D eigenvalue weighted by Gasteiger charge is 2.32. The Balaban J connectivity index is 1.44. The lowest BCUT2D eigenvalue weighted by atomic mass is 10.0. The molecule has 2 aromatic carbocycles. The minimum atomic E-state index is -0.553. The standard InChI is InChI=1S/C27H28FN3O3/c1-18-14-30(15-19(2)31(18)16-20-6-8-21(9-7-20)25(33)17-32)27(34)24-5-3-4-22(12-24)23-10-11-29-26(28)13-23/h3-13,18-19,32H,14-17H2,1-2H3/t18-,19+. The predicted octanol–water partition coefficient (Wildman–Crippen LogP) is 3.80. The number of nitrogens with zero attached hydrogens (tertiary/aromatic N) is 3. The third-order valence-corrected chi connectivity index (χ3v) is 6.34. The second-order valence-electron chi connectivity index (χ2n) is 8.81. The average molecular weight is 462 g/mol. The normalized spacial score (nSPS) is 18.6. The maximum Gasteiger partial charge on any atom is 0.253 e. The van der Waals surface area contributed by atoms with Gasteiger partial charge in [-0.1, -0.05) is 36.4 Å². The van der Waals surface area contributed by atoms with E-state index in [4.69, 9.17) is 5.11 Å². The fourth-order valence-electron chi connectivity index (χ4n) is 4.53. The van der Waals surface area contributed by atoms with Crippen molar-refractivity contribution in [3.63, 3.8) is 0 Å². The van der Waals surface area contributed by atoms with Crippen LogP contribution in [0.1, 0.15) is 40.1 Å². The van der Waals surface area contributed by atoms with E-state index in [2.05, 4.69) is 23.7 Å². The van der Waals surface area contributed by atoms with Gasteiger partial charge in [-0.3, -0.25) is 14.5 Å². The van der Waals surface area contributed by atoms with Crippen LogP contribution in [0.4, 0.5) is 4.39 Å². The van der Waals surface area contributed by atoms with Gasteiger partial charge in [-0.05, 0) is 48.7 Å². The number of rotatable bonds is 6. The van der Waals surface area contributed by atoms with Crippen LogP contribution in [0, 0.1) is 5.95 Å². The molecule has 1 saturated heterocycles. The Morgan fingerprint density at radius 2 is 1.65 bits per heavy atom. The Bertz CT molecular complexity index is 1170. The van der Waals surface area contributed by atoms with Crippen molar-refractivity contribution >= 4 is 11.7 Å². The number of pyridine rings is 1. The zero-order valence-electron chi connectivity index (χ0n) is 19.3. The molecule has 2 atom stereocenters. The zero-order chi connectivity index (χ0) is 24.2. The van der Waals surface area contributed by atoms with Crippen LogP contribution in [0.15, 0.2) is 66.9 Å². The van der Waals surface area contributed by atoms with Crippen LogP contribution >= 0.6 is 0 Å². The number of ketones is 1. The fourth-order valence-corrected chi connectivity index (χ4v) is 4.53. The summed E-state index contributed by atoms with van der Waals surface area (Å²) in [6, 6.07) is 17.9. The largest absolute Gasteiger partial charge is 0.388 e. The van der Waals surface area contributed by atoms with Crippen molar-refractivity contribution in [2.24, 2.45) is 0 Å². The second-order valence-corrected chi connectivity index (χ2v) is 8.81. The molecule has 1 amide bonds. The Kier molecular flexibility index (Phi) is 7.14. The van der Waals surface area contributed by atoms with E-state index in [0.717, 1.165) is 11.1 Å². The molecule has 6 nitrogen and oxygen atoms in total. The van der Waals surface area contributed by atoms with Crippen LogP contribution in [-0.4, -0.2) is 63.4 Å². The number of halogens is 1. The Morgan fingerprint density at radius 3 is 2.29 bits per heavy atom. The van der Waals surface area contributed by atoms with Gasteiger partial charge in [-0.15, -0.1) is 0 Å². The quantitative estimate of drug-likeness (QED) is 0.447. The summed E-state index contributed by atoms with van der Waals surface area (Å²) in [4.78, 5) is 32.8. The minimum absolute atomic E-state index is 0.0402. The molecule has 1 aromatic heterocycles. The van der Waals surface area contributed by atoms with Crippen molar-refractivity contribution in [2.75, 3.05) is 19.7 Å². The van der Waals surface area contributed by atoms with Crippen molar-refractivity contribution in [1.29, 1.82) is 0 Å². The van der Waals surface area contributed by atoms with Gasteiger partial charge in [0.2, 0.25) is 5.95 Å². The van der Waals surface area contributed by atoms with Gasteiger partial charge >= 0.3 is 0 Å². The number of aliphatic hydroxyl groups excluding tert-OH is 1. The minimum Gasteiger partial charge on any atom is -0.388 e. The van der Waals surface area contributed by atoms with Gasteiger partial charge in [0.25, 0.3) is 5.91 Å². The van der Waals surface area contributed by atoms with Gasteiger partial charge in [0.05, 0.1) is 0 Å². The van der Waals surface area contributed by atoms with Crippen LogP contribution in [0.25, 0.3) is 11.1 Å². The summed E-state index contributed by atoms with van der Waals surface area (Å²) in [5.41, 5.74) is 3.60. The van der Waals surface area contributed by atoms with E-state index < -0.39 is 12.6 Å². The third kappa shape index (κ3) is 5.21. The van der Waals surface area contributed by atoms with E-state index in [1.165, 1.54) is 12.3 Å². The van der Waals surface area contributed by atoms with Gasteiger partial charge in [-0.2, -0.15) is 4.39 Å². The number of amides is 1. The monoisotopic (exact) mass is 461 g/mol. The number of carbonyl (C=O) groups excluding carboxylic acids is 2. The van der Waals surface area contributed by atoms with E-state index >= 15 is 0 Å². The highest BCUT2D eigenvalue weighted by atomic mass is 19.1. The molecular formula is C27H28FN3O3. The third-order valence-electron chi connectivity index (χ3n) is 6.34. The summed E-state index contributed by atoms with van der Waals surface area (Å²) in [5.74, 6) is -0.886. The van der Waals surface area contributed by atoms with Crippen LogP contribution in [0.2, 0.25) is 0 Å². The van der Waals surface area contributed by atoms with Gasteiger partial charge < -0.3 is 10.0 Å². The van der Waals surface area contributed by atoms with Crippen LogP contribution in [0.3, 0.4) is 0 Å². The molecule has 7 heteroatoms. The topological polar surface area (TPSA) is 73.7 Å². The number of hydrogen-bond donors (Lipinski definition) is 1. The smallest absolute Gasteiger partial charge is 0.253 e. The molecule has 3 aromatic rings. The molecule has 34 heavy (non-hydrogen) atoms. The number of Topliss-reactive ketones (excluding diaryl/α,β-unsaturated/α-hetero) is 1. The number of piperazine rings is 1.